The number of aliphatic hydroxyl groups is 1. The Labute approximate surface area is 114 Å². The van der Waals surface area contributed by atoms with Crippen LogP contribution >= 0.6 is 7.60 Å². The van der Waals surface area contributed by atoms with Crippen LogP contribution in [-0.2, 0) is 23.3 Å². The van der Waals surface area contributed by atoms with E-state index in [1.54, 1.807) is 0 Å². The highest BCUT2D eigenvalue weighted by Gasteiger charge is 2.46. The molecule has 0 spiro atoms. The first-order valence-corrected chi connectivity index (χ1v) is 8.27. The third kappa shape index (κ3) is 5.51. The van der Waals surface area contributed by atoms with Crippen LogP contribution < -0.4 is 0 Å². The number of hydrogen-bond acceptors (Lipinski definition) is 6. The highest BCUT2D eigenvalue weighted by molar-refractivity contribution is 7.51. The maximum Gasteiger partial charge on any atom is 0.325 e. The second-order valence-corrected chi connectivity index (χ2v) is 6.44. The molecule has 1 aliphatic rings. The summed E-state index contributed by atoms with van der Waals surface area (Å²) in [5.74, 6) is 0. The zero-order valence-corrected chi connectivity index (χ0v) is 12.4. The van der Waals surface area contributed by atoms with Gasteiger partial charge in [-0.2, -0.15) is 0 Å². The predicted molar refractivity (Wildman–Crippen MR) is 71.1 cm³/mol. The number of aliphatic hydroxyl groups excluding tert-OH is 1. The van der Waals surface area contributed by atoms with Crippen molar-refractivity contribution in [2.45, 2.75) is 30.7 Å². The van der Waals surface area contributed by atoms with E-state index in [1.807, 2.05) is 7.85 Å². The Balaban J connectivity index is 2.70. The fraction of sp³-hybridized carbons (Fsp3) is 1.00. The second-order valence-electron chi connectivity index (χ2n) is 4.62. The van der Waals surface area contributed by atoms with E-state index in [1.165, 1.54) is 7.11 Å². The molecule has 5 atom stereocenters. The van der Waals surface area contributed by atoms with Crippen molar-refractivity contribution in [3.8, 4) is 0 Å². The molecule has 1 heterocycles. The van der Waals surface area contributed by atoms with Crippen LogP contribution in [0.1, 0.15) is 6.42 Å². The van der Waals surface area contributed by atoms with Crippen LogP contribution in [0.15, 0.2) is 0 Å². The van der Waals surface area contributed by atoms with E-state index >= 15 is 0 Å². The Kier molecular flexibility index (Phi) is 6.97. The van der Waals surface area contributed by atoms with Gasteiger partial charge < -0.3 is 24.2 Å². The molecule has 19 heavy (non-hydrogen) atoms. The Morgan fingerprint density at radius 3 is 2.63 bits per heavy atom. The first-order chi connectivity index (χ1) is 8.89. The smallest absolute Gasteiger partial charge is 0.325 e. The molecule has 112 valence electrons. The van der Waals surface area contributed by atoms with Crippen LogP contribution in [0, 0.1) is 0 Å². The van der Waals surface area contributed by atoms with Crippen molar-refractivity contribution in [1.82, 2.24) is 0 Å². The summed E-state index contributed by atoms with van der Waals surface area (Å²) in [6.45, 7) is 1.76. The predicted octanol–water partition coefficient (Wildman–Crippen LogP) is -1.04. The average Bonchev–Trinajstić information content (AvgIpc) is 2.56. The van der Waals surface area contributed by atoms with Crippen LogP contribution in [0.25, 0.3) is 0 Å². The minimum atomic E-state index is -3.64. The van der Waals surface area contributed by atoms with Gasteiger partial charge in [0, 0.05) is 27.0 Å². The normalized spacial score (nSPS) is 34.3. The minimum absolute atomic E-state index is 0.0290. The molecule has 1 rings (SSSR count). The molecule has 0 bridgehead atoms. The monoisotopic (exact) mass is 296 g/mol. The van der Waals surface area contributed by atoms with E-state index < -0.39 is 25.9 Å². The number of methoxy groups -OCH3 is 1. The third-order valence-electron chi connectivity index (χ3n) is 2.80. The maximum absolute atomic E-state index is 11.4. The molecule has 7 nitrogen and oxygen atoms in total. The Morgan fingerprint density at radius 1 is 1.42 bits per heavy atom. The summed E-state index contributed by atoms with van der Waals surface area (Å²) in [5.41, 5.74) is 0. The largest absolute Gasteiger partial charge is 0.396 e. The number of rotatable bonds is 8. The van der Waals surface area contributed by atoms with E-state index in [-0.39, 0.29) is 19.2 Å². The summed E-state index contributed by atoms with van der Waals surface area (Å²) in [7, 11) is -0.307. The molecular weight excluding hydrogens is 274 g/mol. The topological polar surface area (TPSA) is 94.5 Å². The molecule has 9 heteroatoms. The van der Waals surface area contributed by atoms with Crippen LogP contribution in [0.3, 0.4) is 0 Å². The first kappa shape index (κ1) is 17.1. The first-order valence-electron chi connectivity index (χ1n) is 6.24. The molecule has 0 radical (unpaired) electrons. The third-order valence-corrected chi connectivity index (χ3v) is 3.44. The van der Waals surface area contributed by atoms with Crippen LogP contribution in [0.4, 0.5) is 0 Å². The van der Waals surface area contributed by atoms with Gasteiger partial charge in [0.25, 0.3) is 0 Å². The van der Waals surface area contributed by atoms with Crippen molar-refractivity contribution < 1.29 is 33.3 Å². The number of hydrogen-bond donors (Lipinski definition) is 2. The molecule has 1 aliphatic heterocycles. The van der Waals surface area contributed by atoms with E-state index in [2.05, 4.69) is 0 Å². The lowest BCUT2D eigenvalue weighted by Crippen LogP contribution is -2.38. The molecule has 0 aromatic heterocycles. The van der Waals surface area contributed by atoms with Crippen molar-refractivity contribution in [1.29, 1.82) is 0 Å². The van der Waals surface area contributed by atoms with E-state index in [9.17, 15) is 9.46 Å². The van der Waals surface area contributed by atoms with Gasteiger partial charge in [-0.25, -0.2) is 0 Å². The van der Waals surface area contributed by atoms with E-state index in [0.29, 0.717) is 13.0 Å². The maximum atomic E-state index is 11.4. The second kappa shape index (κ2) is 7.74. The molecule has 2 N–H and O–H groups in total. The van der Waals surface area contributed by atoms with Crippen LogP contribution in [0.2, 0.25) is 0 Å². The summed E-state index contributed by atoms with van der Waals surface area (Å²) < 4.78 is 32.9. The molecule has 1 fully saturated rings. The molecule has 0 saturated carbocycles. The summed E-state index contributed by atoms with van der Waals surface area (Å²) in [6, 6.07) is -0.268. The zero-order valence-electron chi connectivity index (χ0n) is 11.5. The molecule has 0 aromatic rings. The van der Waals surface area contributed by atoms with Crippen molar-refractivity contribution in [2.75, 3.05) is 33.6 Å². The van der Waals surface area contributed by atoms with Crippen molar-refractivity contribution in [2.24, 2.45) is 0 Å². The van der Waals surface area contributed by atoms with Crippen molar-refractivity contribution in [3.05, 3.63) is 0 Å². The van der Waals surface area contributed by atoms with Gasteiger partial charge in [-0.15, -0.1) is 0 Å². The molecule has 0 amide bonds. The molecular formula is C10H22BO7P. The van der Waals surface area contributed by atoms with Gasteiger partial charge in [-0.1, -0.05) is 0 Å². The quantitative estimate of drug-likeness (QED) is 0.335. The van der Waals surface area contributed by atoms with E-state index in [0.717, 1.165) is 6.66 Å². The van der Waals surface area contributed by atoms with Gasteiger partial charge in [0.2, 0.25) is 0 Å². The Hall–Kier alpha value is 0.0549. The molecule has 2 unspecified atom stereocenters. The van der Waals surface area contributed by atoms with Gasteiger partial charge >= 0.3 is 7.60 Å². The Morgan fingerprint density at radius 2 is 2.11 bits per heavy atom. The lowest BCUT2D eigenvalue weighted by molar-refractivity contribution is -0.0266. The van der Waals surface area contributed by atoms with Gasteiger partial charge in [-0.05, 0) is 6.42 Å². The standard InChI is InChI=1S/C10H22BO7P/c1-15-6-7-8(18-19(2,13)14)9(10(11)17-7)16-5-3-4-12/h7-10,12H,3-6,11H2,1-2H3,(H,13,14)/t7-,8?,9+,10-/m1/s1. The van der Waals surface area contributed by atoms with Gasteiger partial charge in [0.15, 0.2) is 0 Å². The highest BCUT2D eigenvalue weighted by Crippen LogP contribution is 2.42. The summed E-state index contributed by atoms with van der Waals surface area (Å²) in [5, 5.41) is 8.75. The molecule has 0 aromatic carbocycles. The fourth-order valence-corrected chi connectivity index (χ4v) is 2.78. The summed E-state index contributed by atoms with van der Waals surface area (Å²) in [6.07, 6.45) is -1.06. The number of ether oxygens (including phenoxy) is 3. The SMILES string of the molecule is B[C@@H]1O[C@H](COC)C(OP(C)(=O)O)[C@@H]1OCCCO. The lowest BCUT2D eigenvalue weighted by atomic mass is 9.93. The van der Waals surface area contributed by atoms with E-state index in [4.69, 9.17) is 23.8 Å². The van der Waals surface area contributed by atoms with Gasteiger partial charge in [0.05, 0.1) is 12.6 Å². The van der Waals surface area contributed by atoms with Gasteiger partial charge in [-0.3, -0.25) is 9.09 Å². The fourth-order valence-electron chi connectivity index (χ4n) is 2.08. The van der Waals surface area contributed by atoms with Crippen LogP contribution in [0.5, 0.6) is 0 Å². The molecule has 1 saturated heterocycles. The minimum Gasteiger partial charge on any atom is -0.396 e. The van der Waals surface area contributed by atoms with Crippen molar-refractivity contribution in [3.63, 3.8) is 0 Å². The summed E-state index contributed by atoms with van der Waals surface area (Å²) >= 11 is 0. The molecule has 0 aliphatic carbocycles. The Bertz CT molecular complexity index is 310. The summed E-state index contributed by atoms with van der Waals surface area (Å²) in [4.78, 5) is 9.38. The van der Waals surface area contributed by atoms with Gasteiger partial charge in [0.1, 0.15) is 26.2 Å². The van der Waals surface area contributed by atoms with Crippen LogP contribution in [-0.4, -0.2) is 75.8 Å². The average molecular weight is 296 g/mol. The van der Waals surface area contributed by atoms with Crippen molar-refractivity contribution >= 4 is 15.4 Å². The lowest BCUT2D eigenvalue weighted by Gasteiger charge is -2.25. The zero-order chi connectivity index (χ0) is 14.5. The highest BCUT2D eigenvalue weighted by atomic mass is 31.2.